The highest BCUT2D eigenvalue weighted by molar-refractivity contribution is 7.13. The second kappa shape index (κ2) is 8.39. The number of rotatable bonds is 7. The summed E-state index contributed by atoms with van der Waals surface area (Å²) >= 11 is 1.48. The Bertz CT molecular complexity index is 896. The standard InChI is InChI=1S/C21H25N3O2S/c1-5-24(14(2)3)18-9-7-16(8-10-18)22-20(25)12-17-13-27-21(23-17)19-11-6-15(4)26-19/h6-11,13-14H,5,12H2,1-4H3,(H,22,25). The van der Waals surface area contributed by atoms with E-state index < -0.39 is 0 Å². The zero-order chi connectivity index (χ0) is 19.4. The molecule has 0 fully saturated rings. The highest BCUT2D eigenvalue weighted by atomic mass is 32.1. The van der Waals surface area contributed by atoms with Crippen LogP contribution in [-0.2, 0) is 11.2 Å². The summed E-state index contributed by atoms with van der Waals surface area (Å²) in [6, 6.07) is 12.2. The molecular weight excluding hydrogens is 358 g/mol. The third-order valence-corrected chi connectivity index (χ3v) is 5.20. The first-order valence-corrected chi connectivity index (χ1v) is 10.0. The van der Waals surface area contributed by atoms with Crippen LogP contribution in [0.2, 0.25) is 0 Å². The Labute approximate surface area is 164 Å². The molecule has 6 heteroatoms. The molecule has 1 aromatic carbocycles. The first-order chi connectivity index (χ1) is 13.0. The Hall–Kier alpha value is -2.60. The Balaban J connectivity index is 1.60. The smallest absolute Gasteiger partial charge is 0.230 e. The zero-order valence-corrected chi connectivity index (χ0v) is 17.0. The predicted molar refractivity (Wildman–Crippen MR) is 111 cm³/mol. The summed E-state index contributed by atoms with van der Waals surface area (Å²) in [7, 11) is 0. The summed E-state index contributed by atoms with van der Waals surface area (Å²) in [5, 5.41) is 5.64. The van der Waals surface area contributed by atoms with E-state index >= 15 is 0 Å². The second-order valence-corrected chi connectivity index (χ2v) is 7.56. The molecule has 0 unspecified atom stereocenters. The molecule has 0 spiro atoms. The molecule has 1 N–H and O–H groups in total. The Morgan fingerprint density at radius 3 is 2.56 bits per heavy atom. The van der Waals surface area contributed by atoms with E-state index in [0.29, 0.717) is 6.04 Å². The molecule has 0 saturated heterocycles. The van der Waals surface area contributed by atoms with E-state index in [-0.39, 0.29) is 12.3 Å². The number of nitrogens with zero attached hydrogens (tertiary/aromatic N) is 2. The first kappa shape index (κ1) is 19.2. The highest BCUT2D eigenvalue weighted by Crippen LogP contribution is 2.26. The number of anilines is 2. The van der Waals surface area contributed by atoms with Gasteiger partial charge in [0.15, 0.2) is 10.8 Å². The molecule has 0 aliphatic rings. The van der Waals surface area contributed by atoms with Gasteiger partial charge in [0.25, 0.3) is 0 Å². The third kappa shape index (κ3) is 4.77. The maximum Gasteiger partial charge on any atom is 0.230 e. The van der Waals surface area contributed by atoms with Crippen LogP contribution in [0.5, 0.6) is 0 Å². The van der Waals surface area contributed by atoms with Crippen molar-refractivity contribution in [2.45, 2.75) is 40.2 Å². The van der Waals surface area contributed by atoms with Gasteiger partial charge in [-0.05, 0) is 64.1 Å². The Morgan fingerprint density at radius 2 is 1.96 bits per heavy atom. The zero-order valence-electron chi connectivity index (χ0n) is 16.2. The number of amides is 1. The van der Waals surface area contributed by atoms with Crippen LogP contribution in [0.3, 0.4) is 0 Å². The molecular formula is C21H25N3O2S. The molecule has 0 saturated carbocycles. The molecule has 27 heavy (non-hydrogen) atoms. The number of benzene rings is 1. The van der Waals surface area contributed by atoms with E-state index in [1.54, 1.807) is 0 Å². The van der Waals surface area contributed by atoms with E-state index in [1.165, 1.54) is 11.3 Å². The molecule has 0 bridgehead atoms. The number of furan rings is 1. The number of aromatic nitrogens is 1. The van der Waals surface area contributed by atoms with E-state index in [2.05, 4.69) is 36.0 Å². The lowest BCUT2D eigenvalue weighted by Crippen LogP contribution is -2.30. The molecule has 0 atom stereocenters. The maximum absolute atomic E-state index is 12.3. The largest absolute Gasteiger partial charge is 0.459 e. The van der Waals surface area contributed by atoms with Gasteiger partial charge < -0.3 is 14.6 Å². The fourth-order valence-corrected chi connectivity index (χ4v) is 3.78. The summed E-state index contributed by atoms with van der Waals surface area (Å²) in [5.74, 6) is 1.51. The number of thiazole rings is 1. The summed E-state index contributed by atoms with van der Waals surface area (Å²) in [6.45, 7) is 9.33. The SMILES string of the molecule is CCN(c1ccc(NC(=O)Cc2csc(-c3ccc(C)o3)n2)cc1)C(C)C. The molecule has 0 radical (unpaired) electrons. The fraction of sp³-hybridized carbons (Fsp3) is 0.333. The molecule has 5 nitrogen and oxygen atoms in total. The second-order valence-electron chi connectivity index (χ2n) is 6.71. The van der Waals surface area contributed by atoms with Crippen molar-refractivity contribution >= 4 is 28.6 Å². The summed E-state index contributed by atoms with van der Waals surface area (Å²) in [4.78, 5) is 19.1. The normalized spacial score (nSPS) is 11.0. The summed E-state index contributed by atoms with van der Waals surface area (Å²) in [6.07, 6.45) is 0.241. The summed E-state index contributed by atoms with van der Waals surface area (Å²) in [5.41, 5.74) is 2.69. The quantitative estimate of drug-likeness (QED) is 0.615. The van der Waals surface area contributed by atoms with Gasteiger partial charge in [-0.2, -0.15) is 0 Å². The number of aryl methyl sites for hydroxylation is 1. The van der Waals surface area contributed by atoms with E-state index in [4.69, 9.17) is 4.42 Å². The Morgan fingerprint density at radius 1 is 1.22 bits per heavy atom. The van der Waals surface area contributed by atoms with Crippen LogP contribution in [-0.4, -0.2) is 23.5 Å². The topological polar surface area (TPSA) is 58.4 Å². The molecule has 3 aromatic rings. The van der Waals surface area contributed by atoms with Crippen LogP contribution in [0.25, 0.3) is 10.8 Å². The van der Waals surface area contributed by atoms with Crippen molar-refractivity contribution in [1.29, 1.82) is 0 Å². The van der Waals surface area contributed by atoms with Crippen molar-refractivity contribution < 1.29 is 9.21 Å². The van der Waals surface area contributed by atoms with Gasteiger partial charge in [0.05, 0.1) is 12.1 Å². The molecule has 142 valence electrons. The van der Waals surface area contributed by atoms with Crippen LogP contribution in [0.1, 0.15) is 32.2 Å². The van der Waals surface area contributed by atoms with Gasteiger partial charge in [-0.15, -0.1) is 11.3 Å². The van der Waals surface area contributed by atoms with Gasteiger partial charge in [-0.3, -0.25) is 4.79 Å². The minimum atomic E-state index is -0.0774. The van der Waals surface area contributed by atoms with Gasteiger partial charge in [-0.1, -0.05) is 0 Å². The summed E-state index contributed by atoms with van der Waals surface area (Å²) < 4.78 is 5.58. The van der Waals surface area contributed by atoms with Crippen molar-refractivity contribution in [3.63, 3.8) is 0 Å². The number of carbonyl (C=O) groups is 1. The molecule has 2 heterocycles. The number of hydrogen-bond acceptors (Lipinski definition) is 5. The molecule has 1 amide bonds. The van der Waals surface area contributed by atoms with Crippen LogP contribution < -0.4 is 10.2 Å². The number of nitrogens with one attached hydrogen (secondary N) is 1. The molecule has 3 rings (SSSR count). The molecule has 0 aliphatic heterocycles. The average molecular weight is 384 g/mol. The number of carbonyl (C=O) groups excluding carboxylic acids is 1. The van der Waals surface area contributed by atoms with Crippen molar-refractivity contribution in [1.82, 2.24) is 4.98 Å². The fourth-order valence-electron chi connectivity index (χ4n) is 3.00. The van der Waals surface area contributed by atoms with Gasteiger partial charge in [-0.25, -0.2) is 4.98 Å². The maximum atomic E-state index is 12.3. The van der Waals surface area contributed by atoms with Gasteiger partial charge in [0.2, 0.25) is 5.91 Å². The minimum absolute atomic E-state index is 0.0774. The van der Waals surface area contributed by atoms with Crippen LogP contribution >= 0.6 is 11.3 Å². The van der Waals surface area contributed by atoms with Crippen LogP contribution in [0.4, 0.5) is 11.4 Å². The van der Waals surface area contributed by atoms with E-state index in [0.717, 1.165) is 40.1 Å². The van der Waals surface area contributed by atoms with Gasteiger partial charge in [0, 0.05) is 29.3 Å². The van der Waals surface area contributed by atoms with E-state index in [1.807, 2.05) is 48.7 Å². The van der Waals surface area contributed by atoms with Gasteiger partial charge in [0.1, 0.15) is 5.76 Å². The minimum Gasteiger partial charge on any atom is -0.459 e. The van der Waals surface area contributed by atoms with Crippen LogP contribution in [0, 0.1) is 6.92 Å². The Kier molecular flexibility index (Phi) is 5.96. The highest BCUT2D eigenvalue weighted by Gasteiger charge is 2.12. The van der Waals surface area contributed by atoms with Crippen molar-refractivity contribution in [2.24, 2.45) is 0 Å². The van der Waals surface area contributed by atoms with Crippen molar-refractivity contribution in [3.8, 4) is 10.8 Å². The lowest BCUT2D eigenvalue weighted by Gasteiger charge is -2.27. The molecule has 0 aliphatic carbocycles. The average Bonchev–Trinajstić information content (AvgIpc) is 3.25. The predicted octanol–water partition coefficient (Wildman–Crippen LogP) is 5.13. The third-order valence-electron chi connectivity index (χ3n) is 4.29. The number of hydrogen-bond donors (Lipinski definition) is 1. The monoisotopic (exact) mass is 383 g/mol. The van der Waals surface area contributed by atoms with Crippen LogP contribution in [0.15, 0.2) is 46.2 Å². The van der Waals surface area contributed by atoms with Crippen molar-refractivity contribution in [2.75, 3.05) is 16.8 Å². The first-order valence-electron chi connectivity index (χ1n) is 9.14. The lowest BCUT2D eigenvalue weighted by molar-refractivity contribution is -0.115. The molecule has 2 aromatic heterocycles. The lowest BCUT2D eigenvalue weighted by atomic mass is 10.2. The van der Waals surface area contributed by atoms with E-state index in [9.17, 15) is 4.79 Å². The van der Waals surface area contributed by atoms with Crippen molar-refractivity contribution in [3.05, 3.63) is 53.2 Å². The van der Waals surface area contributed by atoms with Gasteiger partial charge >= 0.3 is 0 Å².